The molecule has 0 fully saturated rings. The predicted octanol–water partition coefficient (Wildman–Crippen LogP) is 4.82. The summed E-state index contributed by atoms with van der Waals surface area (Å²) in [6.07, 6.45) is -4.52. The number of carbonyl (C=O) groups is 1. The Kier molecular flexibility index (Phi) is 6.66. The number of thioether (sulfide) groups is 1. The zero-order chi connectivity index (χ0) is 22.9. The number of nitrogens with one attached hydrogen (secondary N) is 1. The van der Waals surface area contributed by atoms with Crippen LogP contribution >= 0.6 is 23.4 Å². The molecule has 0 saturated heterocycles. The van der Waals surface area contributed by atoms with E-state index in [1.165, 1.54) is 17.6 Å². The van der Waals surface area contributed by atoms with Gasteiger partial charge in [-0.1, -0.05) is 35.5 Å². The second kappa shape index (κ2) is 8.92. The van der Waals surface area contributed by atoms with Gasteiger partial charge in [0.1, 0.15) is 6.54 Å². The van der Waals surface area contributed by atoms with Gasteiger partial charge in [0.25, 0.3) is 5.56 Å². The third-order valence-corrected chi connectivity index (χ3v) is 6.02. The fourth-order valence-corrected chi connectivity index (χ4v) is 4.06. The minimum atomic E-state index is -4.52. The van der Waals surface area contributed by atoms with Crippen molar-refractivity contribution in [3.8, 4) is 5.69 Å². The lowest BCUT2D eigenvalue weighted by Gasteiger charge is -2.18. The van der Waals surface area contributed by atoms with Crippen LogP contribution in [0.5, 0.6) is 0 Å². The average molecular weight is 470 g/mol. The molecule has 0 aliphatic heterocycles. The number of hydrogen-bond donors (Lipinski definition) is 1. The lowest BCUT2D eigenvalue weighted by Crippen LogP contribution is -2.38. The first-order valence-electron chi connectivity index (χ1n) is 9.28. The number of amides is 1. The Balaban J connectivity index is 2.11. The fourth-order valence-electron chi connectivity index (χ4n) is 2.95. The smallest absolute Gasteiger partial charge is 0.346 e. The Morgan fingerprint density at radius 3 is 2.65 bits per heavy atom. The van der Waals surface area contributed by atoms with E-state index in [0.717, 1.165) is 22.9 Å². The highest BCUT2D eigenvalue weighted by Gasteiger charge is 2.29. The van der Waals surface area contributed by atoms with Crippen LogP contribution in [0.2, 0.25) is 5.02 Å². The first-order chi connectivity index (χ1) is 14.5. The van der Waals surface area contributed by atoms with E-state index in [9.17, 15) is 22.8 Å². The molecule has 1 heterocycles. The van der Waals surface area contributed by atoms with E-state index < -0.39 is 23.9 Å². The van der Waals surface area contributed by atoms with Crippen molar-refractivity contribution in [1.82, 2.24) is 14.9 Å². The van der Waals surface area contributed by atoms with E-state index in [1.807, 2.05) is 25.2 Å². The van der Waals surface area contributed by atoms with Gasteiger partial charge in [-0.25, -0.2) is 4.98 Å². The van der Waals surface area contributed by atoms with Gasteiger partial charge in [0, 0.05) is 5.02 Å². The summed E-state index contributed by atoms with van der Waals surface area (Å²) in [5, 5.41) is 1.84. The van der Waals surface area contributed by atoms with Crippen molar-refractivity contribution < 1.29 is 18.0 Å². The molecule has 0 radical (unpaired) electrons. The van der Waals surface area contributed by atoms with Gasteiger partial charge in [0.15, 0.2) is 5.16 Å². The standard InChI is InChI=1S/C21H19ClF3N3O2S/c1-11-5-4-6-17(12(11)2)28-19(30)15-8-7-14(22)9-16(15)27-20(28)31-13(3)18(29)26-10-21(23,24)25/h4-9,13H,10H2,1-3H3,(H,26,29). The summed E-state index contributed by atoms with van der Waals surface area (Å²) in [7, 11) is 0. The van der Waals surface area contributed by atoms with E-state index >= 15 is 0 Å². The normalized spacial score (nSPS) is 12.7. The third-order valence-electron chi connectivity index (χ3n) is 4.73. The summed E-state index contributed by atoms with van der Waals surface area (Å²) in [5.74, 6) is -0.810. The third kappa shape index (κ3) is 5.22. The molecule has 1 unspecified atom stereocenters. The number of carbonyl (C=O) groups excluding carboxylic acids is 1. The molecule has 10 heteroatoms. The monoisotopic (exact) mass is 469 g/mol. The number of aryl methyl sites for hydroxylation is 1. The summed E-state index contributed by atoms with van der Waals surface area (Å²) in [6, 6.07) is 10.1. The molecule has 0 bridgehead atoms. The number of hydrogen-bond acceptors (Lipinski definition) is 4. The maximum atomic E-state index is 13.4. The van der Waals surface area contributed by atoms with Gasteiger partial charge in [-0.2, -0.15) is 13.2 Å². The summed E-state index contributed by atoms with van der Waals surface area (Å²) < 4.78 is 38.7. The molecule has 3 aromatic rings. The topological polar surface area (TPSA) is 64.0 Å². The Morgan fingerprint density at radius 1 is 1.26 bits per heavy atom. The molecule has 0 saturated carbocycles. The second-order valence-electron chi connectivity index (χ2n) is 7.01. The van der Waals surface area contributed by atoms with Crippen LogP contribution in [-0.4, -0.2) is 33.4 Å². The maximum absolute atomic E-state index is 13.4. The van der Waals surface area contributed by atoms with Crippen molar-refractivity contribution in [2.24, 2.45) is 0 Å². The minimum absolute atomic E-state index is 0.183. The van der Waals surface area contributed by atoms with Crippen LogP contribution in [0.25, 0.3) is 16.6 Å². The van der Waals surface area contributed by atoms with E-state index in [4.69, 9.17) is 11.6 Å². The van der Waals surface area contributed by atoms with Gasteiger partial charge in [-0.15, -0.1) is 0 Å². The van der Waals surface area contributed by atoms with Gasteiger partial charge in [-0.3, -0.25) is 14.2 Å². The van der Waals surface area contributed by atoms with Crippen molar-refractivity contribution in [3.63, 3.8) is 0 Å². The van der Waals surface area contributed by atoms with Crippen molar-refractivity contribution in [1.29, 1.82) is 0 Å². The van der Waals surface area contributed by atoms with Crippen LogP contribution in [0.1, 0.15) is 18.1 Å². The fraction of sp³-hybridized carbons (Fsp3) is 0.286. The Hall–Kier alpha value is -2.52. The first kappa shape index (κ1) is 23.1. The van der Waals surface area contributed by atoms with Gasteiger partial charge < -0.3 is 5.32 Å². The van der Waals surface area contributed by atoms with Crippen LogP contribution in [0, 0.1) is 13.8 Å². The van der Waals surface area contributed by atoms with Crippen molar-refractivity contribution in [2.75, 3.05) is 6.54 Å². The molecule has 5 nitrogen and oxygen atoms in total. The highest BCUT2D eigenvalue weighted by atomic mass is 35.5. The molecule has 31 heavy (non-hydrogen) atoms. The van der Waals surface area contributed by atoms with Crippen molar-refractivity contribution in [3.05, 3.63) is 62.9 Å². The zero-order valence-electron chi connectivity index (χ0n) is 16.9. The number of halogens is 4. The molecule has 1 atom stereocenters. The Bertz CT molecular complexity index is 1210. The number of fused-ring (bicyclic) bond motifs is 1. The van der Waals surface area contributed by atoms with E-state index in [-0.39, 0.29) is 10.7 Å². The van der Waals surface area contributed by atoms with Gasteiger partial charge in [-0.05, 0) is 56.2 Å². The highest BCUT2D eigenvalue weighted by Crippen LogP contribution is 2.28. The number of alkyl halides is 3. The lowest BCUT2D eigenvalue weighted by molar-refractivity contribution is -0.137. The molecule has 2 aromatic carbocycles. The summed E-state index contributed by atoms with van der Waals surface area (Å²) >= 11 is 6.94. The van der Waals surface area contributed by atoms with Crippen LogP contribution < -0.4 is 10.9 Å². The number of benzene rings is 2. The Morgan fingerprint density at radius 2 is 1.97 bits per heavy atom. The van der Waals surface area contributed by atoms with Crippen molar-refractivity contribution >= 4 is 40.2 Å². The molecule has 1 amide bonds. The van der Waals surface area contributed by atoms with Crippen LogP contribution in [0.4, 0.5) is 13.2 Å². The largest absolute Gasteiger partial charge is 0.405 e. The summed E-state index contributed by atoms with van der Waals surface area (Å²) in [6.45, 7) is 3.79. The molecular formula is C21H19ClF3N3O2S. The molecule has 3 rings (SSSR count). The second-order valence-corrected chi connectivity index (χ2v) is 8.75. The van der Waals surface area contributed by atoms with Crippen LogP contribution in [0.3, 0.4) is 0 Å². The number of aromatic nitrogens is 2. The van der Waals surface area contributed by atoms with Crippen molar-refractivity contribution in [2.45, 2.75) is 37.4 Å². The summed E-state index contributed by atoms with van der Waals surface area (Å²) in [5.41, 5.74) is 2.35. The first-order valence-corrected chi connectivity index (χ1v) is 10.5. The lowest BCUT2D eigenvalue weighted by atomic mass is 10.1. The number of rotatable bonds is 5. The highest BCUT2D eigenvalue weighted by molar-refractivity contribution is 8.00. The molecule has 0 aliphatic carbocycles. The van der Waals surface area contributed by atoms with Gasteiger partial charge >= 0.3 is 6.18 Å². The SMILES string of the molecule is Cc1cccc(-n2c(SC(C)C(=O)NCC(F)(F)F)nc3cc(Cl)ccc3c2=O)c1C. The molecule has 0 spiro atoms. The Labute approximate surface area is 185 Å². The zero-order valence-corrected chi connectivity index (χ0v) is 18.5. The summed E-state index contributed by atoms with van der Waals surface area (Å²) in [4.78, 5) is 30.1. The maximum Gasteiger partial charge on any atom is 0.405 e. The van der Waals surface area contributed by atoms with E-state index in [2.05, 4.69) is 4.98 Å². The molecule has 0 aliphatic rings. The molecule has 164 valence electrons. The van der Waals surface area contributed by atoms with Gasteiger partial charge in [0.05, 0.1) is 21.8 Å². The van der Waals surface area contributed by atoms with Crippen LogP contribution in [0.15, 0.2) is 46.3 Å². The van der Waals surface area contributed by atoms with E-state index in [1.54, 1.807) is 24.3 Å². The van der Waals surface area contributed by atoms with Crippen LogP contribution in [-0.2, 0) is 4.79 Å². The average Bonchev–Trinajstić information content (AvgIpc) is 2.68. The quantitative estimate of drug-likeness (QED) is 0.430. The van der Waals surface area contributed by atoms with Gasteiger partial charge in [0.2, 0.25) is 5.91 Å². The van der Waals surface area contributed by atoms with E-state index in [0.29, 0.717) is 21.6 Å². The minimum Gasteiger partial charge on any atom is -0.346 e. The predicted molar refractivity (Wildman–Crippen MR) is 116 cm³/mol. The molecule has 1 N–H and O–H groups in total. The number of nitrogens with zero attached hydrogens (tertiary/aromatic N) is 2. The molecular weight excluding hydrogens is 451 g/mol. The molecule has 1 aromatic heterocycles.